The zero-order valence-corrected chi connectivity index (χ0v) is 9.18. The van der Waals surface area contributed by atoms with Crippen LogP contribution in [0.2, 0.25) is 0 Å². The molecule has 0 aliphatic rings. The Labute approximate surface area is 80.2 Å². The summed E-state index contributed by atoms with van der Waals surface area (Å²) in [7, 11) is 2.05. The van der Waals surface area contributed by atoms with Crippen LogP contribution >= 0.6 is 0 Å². The molecule has 0 saturated carbocycles. The molecule has 1 aromatic heterocycles. The van der Waals surface area contributed by atoms with Crippen molar-refractivity contribution in [3.63, 3.8) is 0 Å². The minimum absolute atomic E-state index is 0.135. The van der Waals surface area contributed by atoms with Crippen molar-refractivity contribution in [3.05, 3.63) is 23.0 Å². The van der Waals surface area contributed by atoms with Crippen molar-refractivity contribution < 1.29 is 5.11 Å². The van der Waals surface area contributed by atoms with Crippen LogP contribution in [0.15, 0.2) is 6.07 Å². The second kappa shape index (κ2) is 3.18. The zero-order chi connectivity index (χ0) is 10.2. The maximum Gasteiger partial charge on any atom is 0.0699 e. The Bertz CT molecular complexity index is 305. The van der Waals surface area contributed by atoms with Gasteiger partial charge in [0.1, 0.15) is 0 Å². The lowest BCUT2D eigenvalue weighted by molar-refractivity contribution is 0.281. The fourth-order valence-electron chi connectivity index (χ4n) is 1.64. The molecule has 74 valence electrons. The summed E-state index contributed by atoms with van der Waals surface area (Å²) in [4.78, 5) is 0. The summed E-state index contributed by atoms with van der Waals surface area (Å²) in [6.45, 7) is 8.73. The summed E-state index contributed by atoms with van der Waals surface area (Å²) >= 11 is 0. The molecule has 0 spiro atoms. The van der Waals surface area contributed by atoms with Crippen molar-refractivity contribution in [1.29, 1.82) is 0 Å². The number of aliphatic hydroxyl groups excluding tert-OH is 1. The van der Waals surface area contributed by atoms with E-state index in [4.69, 9.17) is 5.11 Å². The maximum atomic E-state index is 9.11. The fourth-order valence-corrected chi connectivity index (χ4v) is 1.64. The molecule has 0 aliphatic carbocycles. The average Bonchev–Trinajstić information content (AvgIpc) is 2.28. The van der Waals surface area contributed by atoms with Gasteiger partial charge in [0.05, 0.1) is 6.61 Å². The van der Waals surface area contributed by atoms with E-state index in [-0.39, 0.29) is 12.0 Å². The molecule has 2 nitrogen and oxygen atoms in total. The van der Waals surface area contributed by atoms with Gasteiger partial charge in [-0.2, -0.15) is 0 Å². The third-order valence-electron chi connectivity index (χ3n) is 2.58. The van der Waals surface area contributed by atoms with Crippen molar-refractivity contribution >= 4 is 0 Å². The van der Waals surface area contributed by atoms with Gasteiger partial charge in [-0.3, -0.25) is 0 Å². The number of hydrogen-bond acceptors (Lipinski definition) is 1. The van der Waals surface area contributed by atoms with Crippen LogP contribution in [0.3, 0.4) is 0 Å². The van der Waals surface area contributed by atoms with Crippen LogP contribution in [0, 0.1) is 6.92 Å². The Kier molecular flexibility index (Phi) is 2.53. The quantitative estimate of drug-likeness (QED) is 0.705. The van der Waals surface area contributed by atoms with Gasteiger partial charge in [-0.05, 0) is 18.6 Å². The number of nitrogens with zero attached hydrogens (tertiary/aromatic N) is 1. The molecular formula is C11H19NO. The summed E-state index contributed by atoms with van der Waals surface area (Å²) in [6.07, 6.45) is 0. The van der Waals surface area contributed by atoms with E-state index in [1.807, 2.05) is 6.92 Å². The molecule has 0 aromatic carbocycles. The second-order valence-electron chi connectivity index (χ2n) is 4.61. The van der Waals surface area contributed by atoms with E-state index in [9.17, 15) is 0 Å². The summed E-state index contributed by atoms with van der Waals surface area (Å²) < 4.78 is 2.16. The molecule has 0 aliphatic heterocycles. The smallest absolute Gasteiger partial charge is 0.0699 e. The Morgan fingerprint density at radius 3 is 2.15 bits per heavy atom. The zero-order valence-electron chi connectivity index (χ0n) is 9.18. The van der Waals surface area contributed by atoms with Gasteiger partial charge in [0.2, 0.25) is 0 Å². The fraction of sp³-hybridized carbons (Fsp3) is 0.636. The van der Waals surface area contributed by atoms with Crippen LogP contribution in [0.4, 0.5) is 0 Å². The molecule has 2 heteroatoms. The van der Waals surface area contributed by atoms with Gasteiger partial charge in [0, 0.05) is 23.9 Å². The largest absolute Gasteiger partial charge is 0.392 e. The molecule has 1 heterocycles. The van der Waals surface area contributed by atoms with Crippen LogP contribution in [0.25, 0.3) is 0 Å². The van der Waals surface area contributed by atoms with Crippen molar-refractivity contribution in [2.24, 2.45) is 7.05 Å². The third kappa shape index (κ3) is 1.78. The van der Waals surface area contributed by atoms with Gasteiger partial charge in [-0.1, -0.05) is 20.8 Å². The van der Waals surface area contributed by atoms with Crippen molar-refractivity contribution in [2.75, 3.05) is 0 Å². The van der Waals surface area contributed by atoms with Gasteiger partial charge in [0.15, 0.2) is 0 Å². The number of rotatable bonds is 1. The number of hydrogen-bond donors (Lipinski definition) is 1. The normalized spacial score (nSPS) is 12.2. The van der Waals surface area contributed by atoms with Gasteiger partial charge < -0.3 is 9.67 Å². The molecule has 1 rings (SSSR count). The highest BCUT2D eigenvalue weighted by Gasteiger charge is 2.19. The molecule has 0 bridgehead atoms. The van der Waals surface area contributed by atoms with E-state index in [2.05, 4.69) is 38.5 Å². The standard InChI is InChI=1S/C11H19NO/c1-8-9(7-13)6-10(12(8)5)11(2,3)4/h6,13H,7H2,1-5H3. The highest BCUT2D eigenvalue weighted by molar-refractivity contribution is 5.30. The second-order valence-corrected chi connectivity index (χ2v) is 4.61. The molecule has 13 heavy (non-hydrogen) atoms. The molecule has 0 fully saturated rings. The Balaban J connectivity index is 3.25. The third-order valence-corrected chi connectivity index (χ3v) is 2.58. The van der Waals surface area contributed by atoms with Crippen LogP contribution in [-0.2, 0) is 19.1 Å². The predicted octanol–water partition coefficient (Wildman–Crippen LogP) is 2.12. The average molecular weight is 181 g/mol. The first kappa shape index (κ1) is 10.3. The maximum absolute atomic E-state index is 9.11. The number of aromatic nitrogens is 1. The molecule has 1 N–H and O–H groups in total. The van der Waals surface area contributed by atoms with Crippen molar-refractivity contribution in [1.82, 2.24) is 4.57 Å². The first-order chi connectivity index (χ1) is 5.88. The summed E-state index contributed by atoms with van der Waals surface area (Å²) in [5.41, 5.74) is 3.61. The highest BCUT2D eigenvalue weighted by atomic mass is 16.3. The van der Waals surface area contributed by atoms with Crippen LogP contribution < -0.4 is 0 Å². The van der Waals surface area contributed by atoms with E-state index in [1.165, 1.54) is 5.69 Å². The summed E-state index contributed by atoms with van der Waals surface area (Å²) in [5, 5.41) is 9.11. The van der Waals surface area contributed by atoms with Gasteiger partial charge in [0.25, 0.3) is 0 Å². The van der Waals surface area contributed by atoms with Gasteiger partial charge in [-0.25, -0.2) is 0 Å². The molecule has 0 amide bonds. The van der Waals surface area contributed by atoms with E-state index in [0.29, 0.717) is 0 Å². The highest BCUT2D eigenvalue weighted by Crippen LogP contribution is 2.26. The van der Waals surface area contributed by atoms with E-state index in [0.717, 1.165) is 11.3 Å². The van der Waals surface area contributed by atoms with E-state index >= 15 is 0 Å². The minimum atomic E-state index is 0.135. The summed E-state index contributed by atoms with van der Waals surface area (Å²) in [6, 6.07) is 2.09. The van der Waals surface area contributed by atoms with Crippen LogP contribution in [0.1, 0.15) is 37.7 Å². The lowest BCUT2D eigenvalue weighted by atomic mass is 9.92. The molecule has 0 radical (unpaired) electrons. The van der Waals surface area contributed by atoms with Crippen LogP contribution in [-0.4, -0.2) is 9.67 Å². The monoisotopic (exact) mass is 181 g/mol. The topological polar surface area (TPSA) is 25.2 Å². The Hall–Kier alpha value is -0.760. The molecule has 0 saturated heterocycles. The lowest BCUT2D eigenvalue weighted by Gasteiger charge is -2.20. The lowest BCUT2D eigenvalue weighted by Crippen LogP contribution is -2.16. The minimum Gasteiger partial charge on any atom is -0.392 e. The SMILES string of the molecule is Cc1c(CO)cc(C(C)(C)C)n1C. The first-order valence-corrected chi connectivity index (χ1v) is 4.64. The molecule has 1 aromatic rings. The van der Waals surface area contributed by atoms with Crippen molar-refractivity contribution in [2.45, 2.75) is 39.7 Å². The molecule has 0 unspecified atom stereocenters. The predicted molar refractivity (Wildman–Crippen MR) is 54.8 cm³/mol. The first-order valence-electron chi connectivity index (χ1n) is 4.64. The van der Waals surface area contributed by atoms with E-state index < -0.39 is 0 Å². The van der Waals surface area contributed by atoms with Crippen LogP contribution in [0.5, 0.6) is 0 Å². The molecular weight excluding hydrogens is 162 g/mol. The Morgan fingerprint density at radius 2 is 1.92 bits per heavy atom. The molecule has 0 atom stereocenters. The van der Waals surface area contributed by atoms with Gasteiger partial charge in [-0.15, -0.1) is 0 Å². The van der Waals surface area contributed by atoms with Gasteiger partial charge >= 0.3 is 0 Å². The van der Waals surface area contributed by atoms with Crippen molar-refractivity contribution in [3.8, 4) is 0 Å². The Morgan fingerprint density at radius 1 is 1.38 bits per heavy atom. The summed E-state index contributed by atoms with van der Waals surface area (Å²) in [5.74, 6) is 0. The number of aliphatic hydroxyl groups is 1. The van der Waals surface area contributed by atoms with E-state index in [1.54, 1.807) is 0 Å².